The Labute approximate surface area is 107 Å². The van der Waals surface area contributed by atoms with Gasteiger partial charge in [-0.05, 0) is 31.2 Å². The van der Waals surface area contributed by atoms with Crippen LogP contribution in [0.1, 0.15) is 12.0 Å². The number of alkyl halides is 3. The zero-order chi connectivity index (χ0) is 14.0. The van der Waals surface area contributed by atoms with Crippen molar-refractivity contribution in [3.05, 3.63) is 23.8 Å². The Hall–Kier alpha value is -1.76. The number of hydrogen-bond acceptors (Lipinski definition) is 3. The molecule has 2 rings (SSSR count). The van der Waals surface area contributed by atoms with Gasteiger partial charge in [-0.15, -0.1) is 0 Å². The number of benzene rings is 1. The third kappa shape index (κ3) is 3.17. The molecule has 0 spiro atoms. The molecule has 1 aromatic rings. The fourth-order valence-electron chi connectivity index (χ4n) is 1.93. The zero-order valence-electron chi connectivity index (χ0n) is 9.92. The number of phenolic OH excluding ortho intramolecular Hbond substituents is 1. The van der Waals surface area contributed by atoms with E-state index >= 15 is 0 Å². The van der Waals surface area contributed by atoms with Crippen LogP contribution >= 0.6 is 0 Å². The van der Waals surface area contributed by atoms with Gasteiger partial charge in [-0.25, -0.2) is 0 Å². The molecule has 104 valence electrons. The molecule has 1 saturated heterocycles. The van der Waals surface area contributed by atoms with Crippen molar-refractivity contribution in [2.75, 3.05) is 18.4 Å². The molecule has 1 fully saturated rings. The summed E-state index contributed by atoms with van der Waals surface area (Å²) in [5.41, 5.74) is -1.13. The summed E-state index contributed by atoms with van der Waals surface area (Å²) in [7, 11) is 0. The Morgan fingerprint density at radius 3 is 2.74 bits per heavy atom. The molecule has 7 heteroatoms. The second-order valence-corrected chi connectivity index (χ2v) is 4.41. The maximum atomic E-state index is 12.5. The van der Waals surface area contributed by atoms with Crippen LogP contribution in [-0.4, -0.2) is 24.1 Å². The van der Waals surface area contributed by atoms with E-state index < -0.39 is 11.7 Å². The van der Waals surface area contributed by atoms with Gasteiger partial charge in [0, 0.05) is 6.54 Å². The molecule has 1 aliphatic heterocycles. The molecule has 1 atom stereocenters. The number of nitrogens with one attached hydrogen (secondary N) is 2. The number of rotatable bonds is 2. The van der Waals surface area contributed by atoms with Crippen molar-refractivity contribution in [2.45, 2.75) is 12.6 Å². The van der Waals surface area contributed by atoms with Gasteiger partial charge in [0.2, 0.25) is 5.91 Å². The summed E-state index contributed by atoms with van der Waals surface area (Å²) in [5, 5.41) is 14.8. The lowest BCUT2D eigenvalue weighted by Crippen LogP contribution is -2.24. The molecule has 1 unspecified atom stereocenters. The summed E-state index contributed by atoms with van der Waals surface area (Å²) in [6.07, 6.45) is -3.88. The summed E-state index contributed by atoms with van der Waals surface area (Å²) in [4.78, 5) is 11.8. The van der Waals surface area contributed by atoms with Crippen LogP contribution in [0.5, 0.6) is 5.75 Å². The standard InChI is InChI=1S/C12H13F3N2O2/c13-12(14,15)8-1-2-10(18)9(5-8)17-11(19)7-3-4-16-6-7/h1-2,5,7,16,18H,3-4,6H2,(H,17,19). The van der Waals surface area contributed by atoms with E-state index in [1.807, 2.05) is 0 Å². The predicted molar refractivity (Wildman–Crippen MR) is 62.7 cm³/mol. The molecular weight excluding hydrogens is 261 g/mol. The van der Waals surface area contributed by atoms with Crippen LogP contribution < -0.4 is 10.6 Å². The lowest BCUT2D eigenvalue weighted by Gasteiger charge is -2.13. The molecule has 0 bridgehead atoms. The van der Waals surface area contributed by atoms with E-state index in [0.717, 1.165) is 18.2 Å². The number of anilines is 1. The fourth-order valence-corrected chi connectivity index (χ4v) is 1.93. The quantitative estimate of drug-likeness (QED) is 0.722. The minimum Gasteiger partial charge on any atom is -0.506 e. The predicted octanol–water partition coefficient (Wildman–Crippen LogP) is 1.96. The minimum atomic E-state index is -4.51. The van der Waals surface area contributed by atoms with Crippen molar-refractivity contribution in [2.24, 2.45) is 5.92 Å². The minimum absolute atomic E-state index is 0.216. The third-order valence-electron chi connectivity index (χ3n) is 3.01. The third-order valence-corrected chi connectivity index (χ3v) is 3.01. The summed E-state index contributed by atoms with van der Waals surface area (Å²) >= 11 is 0. The molecule has 3 N–H and O–H groups in total. The first kappa shape index (κ1) is 13.7. The molecule has 0 radical (unpaired) electrons. The zero-order valence-corrected chi connectivity index (χ0v) is 9.92. The lowest BCUT2D eigenvalue weighted by molar-refractivity contribution is -0.137. The van der Waals surface area contributed by atoms with E-state index in [4.69, 9.17) is 0 Å². The van der Waals surface area contributed by atoms with E-state index in [0.29, 0.717) is 19.5 Å². The summed E-state index contributed by atoms with van der Waals surface area (Å²) in [5.74, 6) is -1.05. The molecule has 19 heavy (non-hydrogen) atoms. The summed E-state index contributed by atoms with van der Waals surface area (Å²) < 4.78 is 37.6. The van der Waals surface area contributed by atoms with Crippen LogP contribution in [0.3, 0.4) is 0 Å². The Balaban J connectivity index is 2.17. The van der Waals surface area contributed by atoms with Crippen molar-refractivity contribution in [3.63, 3.8) is 0 Å². The van der Waals surface area contributed by atoms with Gasteiger partial charge in [-0.2, -0.15) is 13.2 Å². The molecule has 0 aromatic heterocycles. The van der Waals surface area contributed by atoms with Crippen LogP contribution in [0, 0.1) is 5.92 Å². The molecule has 1 heterocycles. The Kier molecular flexibility index (Phi) is 3.66. The largest absolute Gasteiger partial charge is 0.506 e. The van der Waals surface area contributed by atoms with Gasteiger partial charge in [0.05, 0.1) is 17.2 Å². The van der Waals surface area contributed by atoms with E-state index in [2.05, 4.69) is 10.6 Å². The van der Waals surface area contributed by atoms with Crippen molar-refractivity contribution in [1.29, 1.82) is 0 Å². The number of carbonyl (C=O) groups is 1. The van der Waals surface area contributed by atoms with Gasteiger partial charge in [0.25, 0.3) is 0 Å². The fraction of sp³-hybridized carbons (Fsp3) is 0.417. The highest BCUT2D eigenvalue weighted by Gasteiger charge is 2.31. The topological polar surface area (TPSA) is 61.4 Å². The normalized spacial score (nSPS) is 19.4. The number of halogens is 3. The van der Waals surface area contributed by atoms with E-state index in [-0.39, 0.29) is 23.3 Å². The van der Waals surface area contributed by atoms with Gasteiger partial charge in [0.1, 0.15) is 5.75 Å². The van der Waals surface area contributed by atoms with E-state index in [1.54, 1.807) is 0 Å². The van der Waals surface area contributed by atoms with Crippen molar-refractivity contribution >= 4 is 11.6 Å². The van der Waals surface area contributed by atoms with Gasteiger partial charge in [-0.3, -0.25) is 4.79 Å². The Morgan fingerprint density at radius 1 is 1.42 bits per heavy atom. The highest BCUT2D eigenvalue weighted by Crippen LogP contribution is 2.34. The van der Waals surface area contributed by atoms with Crippen LogP contribution in [0.4, 0.5) is 18.9 Å². The van der Waals surface area contributed by atoms with Crippen molar-refractivity contribution in [1.82, 2.24) is 5.32 Å². The number of aromatic hydroxyl groups is 1. The second-order valence-electron chi connectivity index (χ2n) is 4.41. The Bertz CT molecular complexity index is 482. The van der Waals surface area contributed by atoms with E-state index in [9.17, 15) is 23.1 Å². The smallest absolute Gasteiger partial charge is 0.416 e. The van der Waals surface area contributed by atoms with Gasteiger partial charge in [-0.1, -0.05) is 0 Å². The highest BCUT2D eigenvalue weighted by atomic mass is 19.4. The van der Waals surface area contributed by atoms with Gasteiger partial charge in [0.15, 0.2) is 0 Å². The molecule has 0 aliphatic carbocycles. The first-order chi connectivity index (χ1) is 8.88. The van der Waals surface area contributed by atoms with Crippen LogP contribution in [0.15, 0.2) is 18.2 Å². The SMILES string of the molecule is O=C(Nc1cc(C(F)(F)F)ccc1O)C1CCNC1. The maximum absolute atomic E-state index is 12.5. The number of hydrogen-bond donors (Lipinski definition) is 3. The molecule has 4 nitrogen and oxygen atoms in total. The molecule has 1 aliphatic rings. The maximum Gasteiger partial charge on any atom is 0.416 e. The Morgan fingerprint density at radius 2 is 2.16 bits per heavy atom. The van der Waals surface area contributed by atoms with E-state index in [1.165, 1.54) is 0 Å². The summed E-state index contributed by atoms with van der Waals surface area (Å²) in [6, 6.07) is 2.42. The number of amides is 1. The van der Waals surface area contributed by atoms with Crippen molar-refractivity contribution < 1.29 is 23.1 Å². The molecular formula is C12H13F3N2O2. The van der Waals surface area contributed by atoms with Gasteiger partial charge < -0.3 is 15.7 Å². The van der Waals surface area contributed by atoms with Crippen molar-refractivity contribution in [3.8, 4) is 5.75 Å². The van der Waals surface area contributed by atoms with Crippen LogP contribution in [0.25, 0.3) is 0 Å². The van der Waals surface area contributed by atoms with Crippen LogP contribution in [0.2, 0.25) is 0 Å². The first-order valence-corrected chi connectivity index (χ1v) is 5.79. The van der Waals surface area contributed by atoms with Gasteiger partial charge >= 0.3 is 6.18 Å². The summed E-state index contributed by atoms with van der Waals surface area (Å²) in [6.45, 7) is 1.19. The number of phenols is 1. The molecule has 1 aromatic carbocycles. The highest BCUT2D eigenvalue weighted by molar-refractivity contribution is 5.94. The lowest BCUT2D eigenvalue weighted by atomic mass is 10.1. The first-order valence-electron chi connectivity index (χ1n) is 5.79. The molecule has 1 amide bonds. The molecule has 0 saturated carbocycles. The van der Waals surface area contributed by atoms with Crippen LogP contribution in [-0.2, 0) is 11.0 Å². The number of carbonyl (C=O) groups excluding carboxylic acids is 1. The monoisotopic (exact) mass is 274 g/mol. The average Bonchev–Trinajstić information content (AvgIpc) is 2.84. The average molecular weight is 274 g/mol. The second kappa shape index (κ2) is 5.08.